The SMILES string of the molecule is Cc1ccc(Cl)cc1OC1CCC(N)C1. The van der Waals surface area contributed by atoms with E-state index >= 15 is 0 Å². The highest BCUT2D eigenvalue weighted by molar-refractivity contribution is 6.30. The Balaban J connectivity index is 2.07. The molecule has 2 rings (SSSR count). The molecule has 0 aromatic heterocycles. The van der Waals surface area contributed by atoms with Gasteiger partial charge in [0.1, 0.15) is 11.9 Å². The summed E-state index contributed by atoms with van der Waals surface area (Å²) >= 11 is 5.93. The lowest BCUT2D eigenvalue weighted by Gasteiger charge is -2.15. The maximum atomic E-state index is 5.93. The second-order valence-electron chi connectivity index (χ2n) is 4.22. The number of rotatable bonds is 2. The molecule has 3 heteroatoms. The van der Waals surface area contributed by atoms with E-state index in [-0.39, 0.29) is 6.10 Å². The summed E-state index contributed by atoms with van der Waals surface area (Å²) in [5.74, 6) is 0.890. The van der Waals surface area contributed by atoms with E-state index < -0.39 is 0 Å². The molecule has 15 heavy (non-hydrogen) atoms. The van der Waals surface area contributed by atoms with Gasteiger partial charge >= 0.3 is 0 Å². The number of aryl methyl sites for hydroxylation is 1. The zero-order valence-corrected chi connectivity index (χ0v) is 9.63. The van der Waals surface area contributed by atoms with Crippen LogP contribution in [-0.4, -0.2) is 12.1 Å². The van der Waals surface area contributed by atoms with E-state index in [0.717, 1.165) is 35.6 Å². The summed E-state index contributed by atoms with van der Waals surface area (Å²) in [5.41, 5.74) is 6.97. The monoisotopic (exact) mass is 225 g/mol. The van der Waals surface area contributed by atoms with Crippen molar-refractivity contribution in [2.45, 2.75) is 38.3 Å². The highest BCUT2D eigenvalue weighted by atomic mass is 35.5. The van der Waals surface area contributed by atoms with Crippen molar-refractivity contribution < 1.29 is 4.74 Å². The fourth-order valence-electron chi connectivity index (χ4n) is 1.96. The Kier molecular flexibility index (Phi) is 3.17. The molecule has 1 aliphatic carbocycles. The standard InChI is InChI=1S/C12H16ClNO/c1-8-2-3-9(13)6-12(8)15-11-5-4-10(14)7-11/h2-3,6,10-11H,4-5,7,14H2,1H3. The van der Waals surface area contributed by atoms with Crippen molar-refractivity contribution in [1.29, 1.82) is 0 Å². The maximum Gasteiger partial charge on any atom is 0.124 e. The van der Waals surface area contributed by atoms with Crippen LogP contribution in [0.25, 0.3) is 0 Å². The summed E-state index contributed by atoms with van der Waals surface area (Å²) in [6.07, 6.45) is 3.32. The molecule has 1 aromatic rings. The van der Waals surface area contributed by atoms with Gasteiger partial charge in [-0.3, -0.25) is 0 Å². The van der Waals surface area contributed by atoms with Crippen LogP contribution in [0.3, 0.4) is 0 Å². The first-order chi connectivity index (χ1) is 7.15. The van der Waals surface area contributed by atoms with Gasteiger partial charge in [-0.25, -0.2) is 0 Å². The zero-order valence-electron chi connectivity index (χ0n) is 8.87. The summed E-state index contributed by atoms with van der Waals surface area (Å²) in [6, 6.07) is 6.03. The number of halogens is 1. The Morgan fingerprint density at radius 2 is 2.20 bits per heavy atom. The largest absolute Gasteiger partial charge is 0.490 e. The highest BCUT2D eigenvalue weighted by Crippen LogP contribution is 2.28. The molecule has 1 saturated carbocycles. The number of nitrogens with two attached hydrogens (primary N) is 1. The summed E-state index contributed by atoms with van der Waals surface area (Å²) < 4.78 is 5.89. The molecular formula is C12H16ClNO. The molecule has 2 atom stereocenters. The highest BCUT2D eigenvalue weighted by Gasteiger charge is 2.23. The summed E-state index contributed by atoms with van der Waals surface area (Å²) in [4.78, 5) is 0. The number of benzene rings is 1. The van der Waals surface area contributed by atoms with Crippen LogP contribution in [0.5, 0.6) is 5.75 Å². The third-order valence-electron chi connectivity index (χ3n) is 2.87. The third kappa shape index (κ3) is 2.64. The van der Waals surface area contributed by atoms with Gasteiger partial charge in [-0.2, -0.15) is 0 Å². The van der Waals surface area contributed by atoms with E-state index in [1.54, 1.807) is 0 Å². The van der Waals surface area contributed by atoms with E-state index in [0.29, 0.717) is 6.04 Å². The van der Waals surface area contributed by atoms with E-state index in [4.69, 9.17) is 22.1 Å². The molecule has 0 radical (unpaired) electrons. The molecule has 2 unspecified atom stereocenters. The van der Waals surface area contributed by atoms with Crippen LogP contribution in [0, 0.1) is 6.92 Å². The topological polar surface area (TPSA) is 35.2 Å². The molecule has 1 fully saturated rings. The molecule has 0 aliphatic heterocycles. The van der Waals surface area contributed by atoms with Crippen LogP contribution < -0.4 is 10.5 Å². The summed E-state index contributed by atoms with van der Waals surface area (Å²) in [6.45, 7) is 2.03. The van der Waals surface area contributed by atoms with Crippen molar-refractivity contribution in [2.24, 2.45) is 5.73 Å². The fourth-order valence-corrected chi connectivity index (χ4v) is 2.12. The lowest BCUT2D eigenvalue weighted by molar-refractivity contribution is 0.207. The third-order valence-corrected chi connectivity index (χ3v) is 3.10. The van der Waals surface area contributed by atoms with Gasteiger partial charge in [-0.1, -0.05) is 17.7 Å². The average Bonchev–Trinajstić information content (AvgIpc) is 2.58. The van der Waals surface area contributed by atoms with E-state index in [1.807, 2.05) is 25.1 Å². The Labute approximate surface area is 95.4 Å². The summed E-state index contributed by atoms with van der Waals surface area (Å²) in [7, 11) is 0. The molecule has 0 saturated heterocycles. The first-order valence-corrected chi connectivity index (χ1v) is 5.71. The van der Waals surface area contributed by atoms with Crippen molar-refractivity contribution in [3.8, 4) is 5.75 Å². The van der Waals surface area contributed by atoms with Crippen LogP contribution in [0.2, 0.25) is 5.02 Å². The smallest absolute Gasteiger partial charge is 0.124 e. The van der Waals surface area contributed by atoms with E-state index in [9.17, 15) is 0 Å². The minimum absolute atomic E-state index is 0.261. The van der Waals surface area contributed by atoms with Gasteiger partial charge in [0.15, 0.2) is 0 Å². The zero-order chi connectivity index (χ0) is 10.8. The molecule has 0 amide bonds. The minimum Gasteiger partial charge on any atom is -0.490 e. The van der Waals surface area contributed by atoms with Gasteiger partial charge in [-0.05, 0) is 43.9 Å². The minimum atomic E-state index is 0.261. The van der Waals surface area contributed by atoms with Crippen LogP contribution in [0.1, 0.15) is 24.8 Å². The van der Waals surface area contributed by atoms with Crippen LogP contribution in [0.4, 0.5) is 0 Å². The second kappa shape index (κ2) is 4.42. The maximum absolute atomic E-state index is 5.93. The molecule has 0 bridgehead atoms. The molecule has 2 N–H and O–H groups in total. The Bertz CT molecular complexity index is 353. The van der Waals surface area contributed by atoms with Gasteiger partial charge in [0.2, 0.25) is 0 Å². The summed E-state index contributed by atoms with van der Waals surface area (Å²) in [5, 5.41) is 0.720. The van der Waals surface area contributed by atoms with Crippen LogP contribution >= 0.6 is 11.6 Å². The lowest BCUT2D eigenvalue weighted by atomic mass is 10.2. The van der Waals surface area contributed by atoms with Crippen molar-refractivity contribution in [3.05, 3.63) is 28.8 Å². The van der Waals surface area contributed by atoms with Crippen LogP contribution in [0.15, 0.2) is 18.2 Å². The van der Waals surface area contributed by atoms with E-state index in [1.165, 1.54) is 0 Å². The Hall–Kier alpha value is -0.730. The molecular weight excluding hydrogens is 210 g/mol. The predicted molar refractivity (Wildman–Crippen MR) is 62.4 cm³/mol. The molecule has 1 aromatic carbocycles. The molecule has 82 valence electrons. The van der Waals surface area contributed by atoms with Gasteiger partial charge < -0.3 is 10.5 Å². The van der Waals surface area contributed by atoms with Gasteiger partial charge in [0.05, 0.1) is 0 Å². The van der Waals surface area contributed by atoms with Crippen molar-refractivity contribution in [2.75, 3.05) is 0 Å². The lowest BCUT2D eigenvalue weighted by Crippen LogP contribution is -2.19. The quantitative estimate of drug-likeness (QED) is 0.840. The number of ether oxygens (including phenoxy) is 1. The van der Waals surface area contributed by atoms with Gasteiger partial charge in [0.25, 0.3) is 0 Å². The number of hydrogen-bond donors (Lipinski definition) is 1. The number of hydrogen-bond acceptors (Lipinski definition) is 2. The first-order valence-electron chi connectivity index (χ1n) is 5.33. The van der Waals surface area contributed by atoms with Gasteiger partial charge in [-0.15, -0.1) is 0 Å². The fraction of sp³-hybridized carbons (Fsp3) is 0.500. The average molecular weight is 226 g/mol. The van der Waals surface area contributed by atoms with Gasteiger partial charge in [0, 0.05) is 11.1 Å². The van der Waals surface area contributed by atoms with Crippen molar-refractivity contribution >= 4 is 11.6 Å². The van der Waals surface area contributed by atoms with Crippen molar-refractivity contribution in [3.63, 3.8) is 0 Å². The first kappa shape index (κ1) is 10.8. The molecule has 1 aliphatic rings. The Morgan fingerprint density at radius 1 is 1.40 bits per heavy atom. The van der Waals surface area contributed by atoms with Crippen molar-refractivity contribution in [1.82, 2.24) is 0 Å². The van der Waals surface area contributed by atoms with Crippen LogP contribution in [-0.2, 0) is 0 Å². The molecule has 0 spiro atoms. The van der Waals surface area contributed by atoms with E-state index in [2.05, 4.69) is 0 Å². The Morgan fingerprint density at radius 3 is 2.87 bits per heavy atom. The normalized spacial score (nSPS) is 25.5. The predicted octanol–water partition coefficient (Wildman–Crippen LogP) is 2.91. The second-order valence-corrected chi connectivity index (χ2v) is 4.66. The molecule has 0 heterocycles. The molecule has 2 nitrogen and oxygen atoms in total.